The van der Waals surface area contributed by atoms with Gasteiger partial charge >= 0.3 is 0 Å². The summed E-state index contributed by atoms with van der Waals surface area (Å²) >= 11 is 0. The van der Waals surface area contributed by atoms with E-state index in [1.54, 1.807) is 18.2 Å². The van der Waals surface area contributed by atoms with Crippen molar-refractivity contribution in [3.8, 4) is 22.8 Å². The fraction of sp³-hybridized carbons (Fsp3) is 0.214. The van der Waals surface area contributed by atoms with Gasteiger partial charge in [-0.15, -0.1) is 0 Å². The molecule has 0 fully saturated rings. The average molecular weight is 272 g/mol. The summed E-state index contributed by atoms with van der Waals surface area (Å²) in [5.74, 6) is 0.820. The molecule has 20 heavy (non-hydrogen) atoms. The first-order valence-electron chi connectivity index (χ1n) is 6.40. The maximum Gasteiger partial charge on any atom is 0.275 e. The summed E-state index contributed by atoms with van der Waals surface area (Å²) in [6.07, 6.45) is 1.74. The van der Waals surface area contributed by atoms with Crippen LogP contribution < -0.4 is 0 Å². The third-order valence-electron chi connectivity index (χ3n) is 2.89. The Morgan fingerprint density at radius 1 is 1.25 bits per heavy atom. The molecule has 5 nitrogen and oxygen atoms in total. The lowest BCUT2D eigenvalue weighted by Crippen LogP contribution is -1.85. The van der Waals surface area contributed by atoms with Gasteiger partial charge < -0.3 is 4.52 Å². The van der Waals surface area contributed by atoms with Gasteiger partial charge in [-0.25, -0.2) is 4.39 Å². The summed E-state index contributed by atoms with van der Waals surface area (Å²) in [7, 11) is 0. The normalized spacial score (nSPS) is 10.9. The van der Waals surface area contributed by atoms with E-state index in [4.69, 9.17) is 4.52 Å². The quantitative estimate of drug-likeness (QED) is 0.791. The first kappa shape index (κ1) is 12.5. The molecule has 2 heterocycles. The zero-order valence-electron chi connectivity index (χ0n) is 10.9. The first-order valence-corrected chi connectivity index (χ1v) is 6.40. The predicted molar refractivity (Wildman–Crippen MR) is 71.3 cm³/mol. The van der Waals surface area contributed by atoms with E-state index in [1.165, 1.54) is 12.1 Å². The number of halogens is 1. The number of hydrogen-bond acceptors (Lipinski definition) is 4. The van der Waals surface area contributed by atoms with Crippen LogP contribution in [0, 0.1) is 5.82 Å². The van der Waals surface area contributed by atoms with E-state index < -0.39 is 0 Å². The van der Waals surface area contributed by atoms with Crippen LogP contribution >= 0.6 is 0 Å². The second-order valence-corrected chi connectivity index (χ2v) is 4.44. The summed E-state index contributed by atoms with van der Waals surface area (Å²) in [5, 5.41) is 10.9. The maximum atomic E-state index is 12.9. The standard InChI is InChI=1S/C14H13FN4O/c1-2-3-13-16-14(20-19-13)12-8-11(17-18-12)9-4-6-10(15)7-5-9/h4-8H,2-3H2,1H3,(H,17,18). The van der Waals surface area contributed by atoms with Gasteiger partial charge in [0, 0.05) is 12.0 Å². The van der Waals surface area contributed by atoms with Crippen LogP contribution in [0.25, 0.3) is 22.8 Å². The smallest absolute Gasteiger partial charge is 0.275 e. The molecule has 0 aliphatic carbocycles. The van der Waals surface area contributed by atoms with Crippen molar-refractivity contribution in [3.05, 3.63) is 42.0 Å². The summed E-state index contributed by atoms with van der Waals surface area (Å²) in [5.41, 5.74) is 2.18. The molecule has 0 bridgehead atoms. The van der Waals surface area contributed by atoms with Crippen molar-refractivity contribution in [2.45, 2.75) is 19.8 Å². The summed E-state index contributed by atoms with van der Waals surface area (Å²) in [4.78, 5) is 4.28. The highest BCUT2D eigenvalue weighted by molar-refractivity contribution is 5.64. The van der Waals surface area contributed by atoms with E-state index in [0.717, 1.165) is 18.4 Å². The van der Waals surface area contributed by atoms with Crippen LogP contribution in [0.5, 0.6) is 0 Å². The van der Waals surface area contributed by atoms with Crippen LogP contribution in [-0.4, -0.2) is 20.3 Å². The molecule has 0 radical (unpaired) electrons. The van der Waals surface area contributed by atoms with Crippen LogP contribution in [0.2, 0.25) is 0 Å². The lowest BCUT2D eigenvalue weighted by atomic mass is 10.1. The van der Waals surface area contributed by atoms with Crippen molar-refractivity contribution in [2.75, 3.05) is 0 Å². The van der Waals surface area contributed by atoms with Crippen LogP contribution in [0.15, 0.2) is 34.9 Å². The van der Waals surface area contributed by atoms with Gasteiger partial charge in [0.1, 0.15) is 11.5 Å². The molecule has 6 heteroatoms. The highest BCUT2D eigenvalue weighted by Gasteiger charge is 2.12. The second kappa shape index (κ2) is 5.24. The van der Waals surface area contributed by atoms with Crippen LogP contribution in [0.1, 0.15) is 19.2 Å². The van der Waals surface area contributed by atoms with Crippen molar-refractivity contribution in [3.63, 3.8) is 0 Å². The fourth-order valence-corrected chi connectivity index (χ4v) is 1.89. The highest BCUT2D eigenvalue weighted by atomic mass is 19.1. The van der Waals surface area contributed by atoms with E-state index in [9.17, 15) is 4.39 Å². The second-order valence-electron chi connectivity index (χ2n) is 4.44. The summed E-state index contributed by atoms with van der Waals surface area (Å²) in [6, 6.07) is 7.94. The van der Waals surface area contributed by atoms with Gasteiger partial charge in [0.2, 0.25) is 0 Å². The number of nitrogens with zero attached hydrogens (tertiary/aromatic N) is 3. The average Bonchev–Trinajstić information content (AvgIpc) is 3.08. The predicted octanol–water partition coefficient (Wildman–Crippen LogP) is 3.22. The molecule has 3 rings (SSSR count). The Morgan fingerprint density at radius 2 is 2.05 bits per heavy atom. The van der Waals surface area contributed by atoms with Crippen molar-refractivity contribution in [2.24, 2.45) is 0 Å². The minimum Gasteiger partial charge on any atom is -0.332 e. The van der Waals surface area contributed by atoms with Crippen LogP contribution in [-0.2, 0) is 6.42 Å². The van der Waals surface area contributed by atoms with E-state index in [2.05, 4.69) is 27.3 Å². The molecule has 0 unspecified atom stereocenters. The zero-order chi connectivity index (χ0) is 13.9. The van der Waals surface area contributed by atoms with Gasteiger partial charge in [0.05, 0.1) is 5.69 Å². The topological polar surface area (TPSA) is 67.6 Å². The van der Waals surface area contributed by atoms with Gasteiger partial charge in [-0.05, 0) is 36.8 Å². The molecular weight excluding hydrogens is 259 g/mol. The van der Waals surface area contributed by atoms with Gasteiger partial charge in [0.15, 0.2) is 5.82 Å². The molecule has 0 aliphatic heterocycles. The first-order chi connectivity index (χ1) is 9.76. The Morgan fingerprint density at radius 3 is 2.80 bits per heavy atom. The van der Waals surface area contributed by atoms with Crippen molar-refractivity contribution in [1.82, 2.24) is 20.3 Å². The SMILES string of the molecule is CCCc1noc(-c2cc(-c3ccc(F)cc3)n[nH]2)n1. The third-order valence-corrected chi connectivity index (χ3v) is 2.89. The monoisotopic (exact) mass is 272 g/mol. The van der Waals surface area contributed by atoms with Crippen LogP contribution in [0.3, 0.4) is 0 Å². The number of hydrogen-bond donors (Lipinski definition) is 1. The minimum absolute atomic E-state index is 0.273. The number of aromatic nitrogens is 4. The molecule has 2 aromatic heterocycles. The molecule has 0 amide bonds. The summed E-state index contributed by atoms with van der Waals surface area (Å²) in [6.45, 7) is 2.05. The molecule has 102 valence electrons. The van der Waals surface area contributed by atoms with Gasteiger partial charge in [0.25, 0.3) is 5.89 Å². The zero-order valence-corrected chi connectivity index (χ0v) is 10.9. The number of aryl methyl sites for hydroxylation is 1. The van der Waals surface area contributed by atoms with E-state index in [1.807, 2.05) is 0 Å². The van der Waals surface area contributed by atoms with Crippen LogP contribution in [0.4, 0.5) is 4.39 Å². The lowest BCUT2D eigenvalue weighted by molar-refractivity contribution is 0.421. The van der Waals surface area contributed by atoms with Crippen molar-refractivity contribution in [1.29, 1.82) is 0 Å². The van der Waals surface area contributed by atoms with E-state index in [0.29, 0.717) is 23.1 Å². The number of rotatable bonds is 4. The van der Waals surface area contributed by atoms with Gasteiger partial charge in [-0.2, -0.15) is 10.1 Å². The lowest BCUT2D eigenvalue weighted by Gasteiger charge is -1.94. The molecule has 0 aliphatic rings. The van der Waals surface area contributed by atoms with Crippen molar-refractivity contribution < 1.29 is 8.91 Å². The molecule has 0 saturated carbocycles. The van der Waals surface area contributed by atoms with Gasteiger partial charge in [-0.1, -0.05) is 12.1 Å². The van der Waals surface area contributed by atoms with E-state index in [-0.39, 0.29) is 5.82 Å². The Hall–Kier alpha value is -2.50. The molecule has 0 saturated heterocycles. The molecule has 1 aromatic carbocycles. The largest absolute Gasteiger partial charge is 0.332 e. The Kier molecular flexibility index (Phi) is 3.28. The maximum absolute atomic E-state index is 12.9. The number of H-pyrrole nitrogens is 1. The number of nitrogens with one attached hydrogen (secondary N) is 1. The van der Waals surface area contributed by atoms with Crippen molar-refractivity contribution >= 4 is 0 Å². The number of benzene rings is 1. The van der Waals surface area contributed by atoms with E-state index >= 15 is 0 Å². The summed E-state index contributed by atoms with van der Waals surface area (Å²) < 4.78 is 18.1. The number of aromatic amines is 1. The molecule has 3 aromatic rings. The molecule has 1 N–H and O–H groups in total. The molecule has 0 spiro atoms. The molecule has 0 atom stereocenters. The Balaban J connectivity index is 1.87. The fourth-order valence-electron chi connectivity index (χ4n) is 1.89. The Labute approximate surface area is 114 Å². The highest BCUT2D eigenvalue weighted by Crippen LogP contribution is 2.23. The Bertz CT molecular complexity index is 702. The molecular formula is C14H13FN4O. The third kappa shape index (κ3) is 2.45. The van der Waals surface area contributed by atoms with Gasteiger partial charge in [-0.3, -0.25) is 5.10 Å². The minimum atomic E-state index is -0.273.